The lowest BCUT2D eigenvalue weighted by atomic mass is 9.84. The Morgan fingerprint density at radius 3 is 1.53 bits per heavy atom. The second kappa shape index (κ2) is 35.2. The topological polar surface area (TPSA) is 341 Å². The van der Waals surface area contributed by atoms with Gasteiger partial charge in [-0.15, -0.1) is 0 Å². The number of phosphoric ester groups is 1. The lowest BCUT2D eigenvalue weighted by Crippen LogP contribution is -2.68. The molecule has 0 aromatic rings. The van der Waals surface area contributed by atoms with Gasteiger partial charge in [0.25, 0.3) is 0 Å². The molecule has 0 amide bonds. The first-order valence-electron chi connectivity index (χ1n) is 25.1. The van der Waals surface area contributed by atoms with Crippen LogP contribution in [0, 0.1) is 0 Å². The fourth-order valence-corrected chi connectivity index (χ4v) is 9.07. The molecule has 0 spiro atoms. The molecule has 1 aliphatic heterocycles. The SMILES string of the molecule is CCCCCCCCCCCCCC(=O)OC[C@H](COP(=O)(O)OC1[C@H](O[C@H]2OC(CO)[C@@H](O)C(O)C2O)C(O)C(O)[C@H](O)[C@@H]1OC[C@H](N)C(=O)O)OC(=O)CCCCCCCCCCCCC. The predicted octanol–water partition coefficient (Wildman–Crippen LogP) is 3.42. The van der Waals surface area contributed by atoms with Crippen molar-refractivity contribution in [1.82, 2.24) is 0 Å². The first kappa shape index (κ1) is 62.2. The number of aliphatic hydroxyl groups excluding tert-OH is 7. The van der Waals surface area contributed by atoms with E-state index in [1.54, 1.807) is 0 Å². The molecule has 21 nitrogen and oxygen atoms in total. The number of carboxylic acid groups (broad SMARTS) is 1. The summed E-state index contributed by atoms with van der Waals surface area (Å²) in [6.45, 7) is 1.14. The Kier molecular flexibility index (Phi) is 32.2. The number of hydrogen-bond acceptors (Lipinski definition) is 19. The number of unbranched alkanes of at least 4 members (excludes halogenated alkanes) is 20. The predicted molar refractivity (Wildman–Crippen MR) is 246 cm³/mol. The normalized spacial score (nSPS) is 28.1. The zero-order chi connectivity index (χ0) is 50.5. The van der Waals surface area contributed by atoms with Gasteiger partial charge in [-0.2, -0.15) is 0 Å². The van der Waals surface area contributed by atoms with Gasteiger partial charge in [0.15, 0.2) is 12.4 Å². The van der Waals surface area contributed by atoms with E-state index in [4.69, 9.17) is 38.5 Å². The Morgan fingerprint density at radius 2 is 1.04 bits per heavy atom. The largest absolute Gasteiger partial charge is 0.480 e. The van der Waals surface area contributed by atoms with Gasteiger partial charge in [0.1, 0.15) is 73.7 Å². The fraction of sp³-hybridized carbons (Fsp3) is 0.935. The van der Waals surface area contributed by atoms with Crippen molar-refractivity contribution in [2.24, 2.45) is 5.73 Å². The minimum Gasteiger partial charge on any atom is -0.480 e. The van der Waals surface area contributed by atoms with Crippen molar-refractivity contribution >= 4 is 25.7 Å². The molecule has 0 bridgehead atoms. The summed E-state index contributed by atoms with van der Waals surface area (Å²) in [5.74, 6) is -2.83. The van der Waals surface area contributed by atoms with Gasteiger partial charge in [0, 0.05) is 12.8 Å². The summed E-state index contributed by atoms with van der Waals surface area (Å²) in [5.41, 5.74) is 5.57. The fourth-order valence-electron chi connectivity index (χ4n) is 8.11. The Hall–Kier alpha value is -1.92. The average molecular weight is 1000 g/mol. The summed E-state index contributed by atoms with van der Waals surface area (Å²) in [6.07, 6.45) is -0.233. The number of carbonyl (C=O) groups excluding carboxylic acids is 2. The number of aliphatic hydroxyl groups is 7. The van der Waals surface area contributed by atoms with E-state index in [0.29, 0.717) is 12.8 Å². The maximum Gasteiger partial charge on any atom is 0.472 e. The van der Waals surface area contributed by atoms with Gasteiger partial charge in [-0.05, 0) is 12.8 Å². The van der Waals surface area contributed by atoms with Gasteiger partial charge in [-0.3, -0.25) is 23.4 Å². The number of hydrogen-bond donors (Lipinski definition) is 10. The van der Waals surface area contributed by atoms with E-state index < -0.39 is 132 Å². The standard InChI is InChI=1S/C46H86NO20P/c1-3-5-7-9-11-13-15-17-19-21-23-25-34(49)61-28-31(64-35(50)26-24-22-20-18-16-14-12-10-8-6-4-2)29-63-68(59,60)67-44-42(62-30-32(47)45(57)58)39(54)38(53)40(55)43(44)66-46-41(56)37(52)36(51)33(27-48)65-46/h31-33,36-44,46,48,51-56H,3-30,47H2,1-2H3,(H,57,58)(H,59,60)/t31-,32+,33?,36-,37?,38?,39+,40?,41?,42+,43-,44?,46-/m1/s1. The maximum absolute atomic E-state index is 13.7. The number of nitrogens with two attached hydrogens (primary N) is 1. The molecule has 0 radical (unpaired) electrons. The lowest BCUT2D eigenvalue weighted by molar-refractivity contribution is -0.339. The number of carboxylic acids is 1. The highest BCUT2D eigenvalue weighted by Crippen LogP contribution is 2.48. The Morgan fingerprint density at radius 1 is 0.588 bits per heavy atom. The zero-order valence-electron chi connectivity index (χ0n) is 40.3. The van der Waals surface area contributed by atoms with Crippen LogP contribution in [0.5, 0.6) is 0 Å². The highest BCUT2D eigenvalue weighted by Gasteiger charge is 2.56. The Balaban J connectivity index is 2.16. The molecule has 1 saturated carbocycles. The van der Waals surface area contributed by atoms with Crippen LogP contribution in [0.3, 0.4) is 0 Å². The molecule has 11 N–H and O–H groups in total. The van der Waals surface area contributed by atoms with E-state index in [1.807, 2.05) is 0 Å². The van der Waals surface area contributed by atoms with Crippen LogP contribution >= 0.6 is 7.82 Å². The van der Waals surface area contributed by atoms with Crippen molar-refractivity contribution in [3.8, 4) is 0 Å². The van der Waals surface area contributed by atoms with E-state index in [2.05, 4.69) is 13.8 Å². The highest BCUT2D eigenvalue weighted by molar-refractivity contribution is 7.47. The van der Waals surface area contributed by atoms with Crippen LogP contribution in [0.15, 0.2) is 0 Å². The van der Waals surface area contributed by atoms with Crippen LogP contribution in [0.1, 0.15) is 168 Å². The molecule has 2 aliphatic rings. The molecule has 0 aromatic heterocycles. The highest BCUT2D eigenvalue weighted by atomic mass is 31.2. The maximum atomic E-state index is 13.7. The van der Waals surface area contributed by atoms with Gasteiger partial charge in [0.2, 0.25) is 0 Å². The van der Waals surface area contributed by atoms with Crippen LogP contribution in [-0.2, 0) is 51.7 Å². The summed E-state index contributed by atoms with van der Waals surface area (Å²) in [4.78, 5) is 48.4. The van der Waals surface area contributed by atoms with Gasteiger partial charge in [-0.25, -0.2) is 4.57 Å². The van der Waals surface area contributed by atoms with E-state index in [-0.39, 0.29) is 12.8 Å². The minimum atomic E-state index is -5.49. The summed E-state index contributed by atoms with van der Waals surface area (Å²) < 4.78 is 51.7. The van der Waals surface area contributed by atoms with Crippen molar-refractivity contribution in [2.75, 3.05) is 26.4 Å². The summed E-state index contributed by atoms with van der Waals surface area (Å²) in [7, 11) is -5.49. The van der Waals surface area contributed by atoms with Crippen molar-refractivity contribution in [1.29, 1.82) is 0 Å². The van der Waals surface area contributed by atoms with Crippen LogP contribution < -0.4 is 5.73 Å². The van der Waals surface area contributed by atoms with Crippen molar-refractivity contribution < 1.29 is 97.4 Å². The molecule has 1 heterocycles. The molecule has 2 rings (SSSR count). The first-order valence-corrected chi connectivity index (χ1v) is 26.6. The molecule has 0 aromatic carbocycles. The van der Waals surface area contributed by atoms with Gasteiger partial charge >= 0.3 is 25.7 Å². The molecule has 2 fully saturated rings. The first-order chi connectivity index (χ1) is 32.5. The molecule has 68 heavy (non-hydrogen) atoms. The van der Waals surface area contributed by atoms with E-state index in [0.717, 1.165) is 57.8 Å². The van der Waals surface area contributed by atoms with E-state index in [1.165, 1.54) is 70.6 Å². The quantitative estimate of drug-likeness (QED) is 0.0239. The van der Waals surface area contributed by atoms with E-state index in [9.17, 15) is 64.7 Å². The molecule has 1 saturated heterocycles. The summed E-state index contributed by atoms with van der Waals surface area (Å²) in [6, 6.07) is -1.73. The minimum absolute atomic E-state index is 0.00212. The third kappa shape index (κ3) is 24.0. The average Bonchev–Trinajstić information content (AvgIpc) is 3.30. The number of rotatable bonds is 39. The molecular weight excluding hydrogens is 917 g/mol. The third-order valence-electron chi connectivity index (χ3n) is 12.3. The van der Waals surface area contributed by atoms with Crippen LogP contribution in [-0.4, -0.2) is 170 Å². The van der Waals surface area contributed by atoms with Crippen LogP contribution in [0.2, 0.25) is 0 Å². The van der Waals surface area contributed by atoms with Gasteiger partial charge in [0.05, 0.1) is 19.8 Å². The Labute approximate surface area is 401 Å². The second-order valence-electron chi connectivity index (χ2n) is 18.2. The third-order valence-corrected chi connectivity index (χ3v) is 13.3. The number of carbonyl (C=O) groups is 3. The van der Waals surface area contributed by atoms with Crippen LogP contribution in [0.4, 0.5) is 0 Å². The lowest BCUT2D eigenvalue weighted by Gasteiger charge is -2.48. The molecule has 22 heteroatoms. The molecular formula is C46H86NO20P. The molecule has 1 aliphatic carbocycles. The smallest absolute Gasteiger partial charge is 0.472 e. The summed E-state index contributed by atoms with van der Waals surface area (Å²) in [5, 5.41) is 83.1. The van der Waals surface area contributed by atoms with Crippen LogP contribution in [0.25, 0.3) is 0 Å². The Bertz CT molecular complexity index is 1410. The number of ether oxygens (including phenoxy) is 5. The zero-order valence-corrected chi connectivity index (χ0v) is 41.2. The second-order valence-corrected chi connectivity index (χ2v) is 19.6. The van der Waals surface area contributed by atoms with Crippen molar-refractivity contribution in [3.05, 3.63) is 0 Å². The number of esters is 2. The molecule has 400 valence electrons. The molecule has 14 atom stereocenters. The number of phosphoric acid groups is 1. The van der Waals surface area contributed by atoms with Crippen molar-refractivity contribution in [2.45, 2.75) is 247 Å². The van der Waals surface area contributed by atoms with Gasteiger partial charge in [-0.1, -0.05) is 142 Å². The molecule has 7 unspecified atom stereocenters. The van der Waals surface area contributed by atoms with Crippen molar-refractivity contribution in [3.63, 3.8) is 0 Å². The summed E-state index contributed by atoms with van der Waals surface area (Å²) >= 11 is 0. The monoisotopic (exact) mass is 1000 g/mol. The van der Waals surface area contributed by atoms with E-state index >= 15 is 0 Å². The number of aliphatic carboxylic acids is 1. The van der Waals surface area contributed by atoms with Gasteiger partial charge < -0.3 is 75.2 Å².